The minimum absolute atomic E-state index is 0.720. The molecule has 1 saturated heterocycles. The Morgan fingerprint density at radius 2 is 2.14 bits per heavy atom. The van der Waals surface area contributed by atoms with Crippen molar-refractivity contribution in [3.05, 3.63) is 0 Å². The lowest BCUT2D eigenvalue weighted by Gasteiger charge is -2.39. The van der Waals surface area contributed by atoms with Gasteiger partial charge in [-0.05, 0) is 32.2 Å². The van der Waals surface area contributed by atoms with E-state index >= 15 is 0 Å². The monoisotopic (exact) mass is 198 g/mol. The Morgan fingerprint density at radius 3 is 2.71 bits per heavy atom. The lowest BCUT2D eigenvalue weighted by Crippen LogP contribution is -2.55. The van der Waals surface area contributed by atoms with Crippen molar-refractivity contribution in [2.24, 2.45) is 5.92 Å². The summed E-state index contributed by atoms with van der Waals surface area (Å²) in [6.07, 6.45) is 2.59. The lowest BCUT2D eigenvalue weighted by molar-refractivity contribution is 0.132. The van der Waals surface area contributed by atoms with Gasteiger partial charge in [0.25, 0.3) is 0 Å². The molecule has 14 heavy (non-hydrogen) atoms. The van der Waals surface area contributed by atoms with Gasteiger partial charge in [0.2, 0.25) is 0 Å². The summed E-state index contributed by atoms with van der Waals surface area (Å²) in [6.45, 7) is 12.9. The van der Waals surface area contributed by atoms with Crippen LogP contribution in [0.4, 0.5) is 0 Å². The minimum atomic E-state index is 0.720. The highest BCUT2D eigenvalue weighted by molar-refractivity contribution is 4.83. The summed E-state index contributed by atoms with van der Waals surface area (Å²) in [5.41, 5.74) is 0. The Bertz CT molecular complexity index is 156. The van der Waals surface area contributed by atoms with Crippen LogP contribution >= 0.6 is 0 Å². The molecule has 2 heteroatoms. The molecule has 0 radical (unpaired) electrons. The summed E-state index contributed by atoms with van der Waals surface area (Å²) in [7, 11) is 0. The predicted molar refractivity (Wildman–Crippen MR) is 62.6 cm³/mol. The van der Waals surface area contributed by atoms with Gasteiger partial charge < -0.3 is 5.32 Å². The molecule has 1 aliphatic heterocycles. The van der Waals surface area contributed by atoms with Gasteiger partial charge >= 0.3 is 0 Å². The summed E-state index contributed by atoms with van der Waals surface area (Å²) in [5, 5.41) is 3.65. The summed E-state index contributed by atoms with van der Waals surface area (Å²) in [5.74, 6) is 0.810. The van der Waals surface area contributed by atoms with E-state index in [1.807, 2.05) is 0 Å². The highest BCUT2D eigenvalue weighted by Crippen LogP contribution is 2.13. The smallest absolute Gasteiger partial charge is 0.0198 e. The number of piperazine rings is 1. The van der Waals surface area contributed by atoms with Crippen LogP contribution in [0.15, 0.2) is 0 Å². The SMILES string of the molecule is CCCN1CC(CC(C)C)NCC1C. The van der Waals surface area contributed by atoms with Crippen LogP contribution < -0.4 is 5.32 Å². The fraction of sp³-hybridized carbons (Fsp3) is 1.00. The Labute approximate surface area is 89.1 Å². The highest BCUT2D eigenvalue weighted by atomic mass is 15.2. The molecule has 0 aromatic carbocycles. The highest BCUT2D eigenvalue weighted by Gasteiger charge is 2.24. The van der Waals surface area contributed by atoms with Gasteiger partial charge in [-0.3, -0.25) is 4.90 Å². The van der Waals surface area contributed by atoms with Crippen LogP contribution in [0.5, 0.6) is 0 Å². The molecule has 0 bridgehead atoms. The van der Waals surface area contributed by atoms with Crippen LogP contribution in [-0.4, -0.2) is 36.6 Å². The van der Waals surface area contributed by atoms with Crippen LogP contribution in [0.25, 0.3) is 0 Å². The molecular formula is C12H26N2. The Morgan fingerprint density at radius 1 is 1.43 bits per heavy atom. The minimum Gasteiger partial charge on any atom is -0.311 e. The zero-order valence-corrected chi connectivity index (χ0v) is 10.2. The second-order valence-electron chi connectivity index (χ2n) is 5.08. The number of hydrogen-bond acceptors (Lipinski definition) is 2. The largest absolute Gasteiger partial charge is 0.311 e. The number of nitrogens with zero attached hydrogens (tertiary/aromatic N) is 1. The molecule has 1 rings (SSSR count). The van der Waals surface area contributed by atoms with E-state index < -0.39 is 0 Å². The van der Waals surface area contributed by atoms with Crippen LogP contribution in [0.1, 0.15) is 40.5 Å². The number of nitrogens with one attached hydrogen (secondary N) is 1. The van der Waals surface area contributed by atoms with Crippen LogP contribution in [-0.2, 0) is 0 Å². The molecule has 0 aromatic heterocycles. The first-order valence-electron chi connectivity index (χ1n) is 6.11. The zero-order chi connectivity index (χ0) is 10.6. The van der Waals surface area contributed by atoms with Crippen molar-refractivity contribution in [2.75, 3.05) is 19.6 Å². The van der Waals surface area contributed by atoms with E-state index in [-0.39, 0.29) is 0 Å². The summed E-state index contributed by atoms with van der Waals surface area (Å²) < 4.78 is 0. The van der Waals surface area contributed by atoms with E-state index in [0.29, 0.717) is 0 Å². The normalized spacial score (nSPS) is 29.8. The molecule has 84 valence electrons. The third-order valence-electron chi connectivity index (χ3n) is 3.05. The van der Waals surface area contributed by atoms with Gasteiger partial charge in [0, 0.05) is 25.2 Å². The average molecular weight is 198 g/mol. The molecule has 0 saturated carbocycles. The average Bonchev–Trinajstić information content (AvgIpc) is 2.10. The van der Waals surface area contributed by atoms with Crippen molar-refractivity contribution in [3.8, 4) is 0 Å². The molecule has 2 nitrogen and oxygen atoms in total. The maximum Gasteiger partial charge on any atom is 0.0198 e. The number of rotatable bonds is 4. The van der Waals surface area contributed by atoms with Crippen molar-refractivity contribution in [3.63, 3.8) is 0 Å². The maximum atomic E-state index is 3.65. The van der Waals surface area contributed by atoms with Gasteiger partial charge in [-0.25, -0.2) is 0 Å². The molecule has 0 amide bonds. The second kappa shape index (κ2) is 5.72. The summed E-state index contributed by atoms with van der Waals surface area (Å²) in [6, 6.07) is 1.44. The van der Waals surface area contributed by atoms with E-state index in [0.717, 1.165) is 24.5 Å². The molecule has 1 heterocycles. The third kappa shape index (κ3) is 3.58. The van der Waals surface area contributed by atoms with E-state index in [1.54, 1.807) is 0 Å². The van der Waals surface area contributed by atoms with Gasteiger partial charge in [0.15, 0.2) is 0 Å². The molecule has 2 atom stereocenters. The zero-order valence-electron chi connectivity index (χ0n) is 10.2. The van der Waals surface area contributed by atoms with Gasteiger partial charge in [0.1, 0.15) is 0 Å². The van der Waals surface area contributed by atoms with E-state index in [9.17, 15) is 0 Å². The van der Waals surface area contributed by atoms with Crippen LogP contribution in [0.3, 0.4) is 0 Å². The lowest BCUT2D eigenvalue weighted by atomic mass is 10.00. The van der Waals surface area contributed by atoms with Crippen molar-refractivity contribution in [1.82, 2.24) is 10.2 Å². The van der Waals surface area contributed by atoms with E-state index in [1.165, 1.54) is 25.9 Å². The van der Waals surface area contributed by atoms with Crippen molar-refractivity contribution in [2.45, 2.75) is 52.6 Å². The molecule has 1 fully saturated rings. The van der Waals surface area contributed by atoms with Crippen molar-refractivity contribution >= 4 is 0 Å². The fourth-order valence-corrected chi connectivity index (χ4v) is 2.32. The van der Waals surface area contributed by atoms with E-state index in [2.05, 4.69) is 37.9 Å². The van der Waals surface area contributed by atoms with Gasteiger partial charge in [-0.1, -0.05) is 20.8 Å². The van der Waals surface area contributed by atoms with E-state index in [4.69, 9.17) is 0 Å². The van der Waals surface area contributed by atoms with Crippen LogP contribution in [0.2, 0.25) is 0 Å². The summed E-state index contributed by atoms with van der Waals surface area (Å²) in [4.78, 5) is 2.63. The molecule has 1 N–H and O–H groups in total. The quantitative estimate of drug-likeness (QED) is 0.744. The molecule has 0 aromatic rings. The molecule has 1 aliphatic rings. The first kappa shape index (κ1) is 12.0. The van der Waals surface area contributed by atoms with Gasteiger partial charge in [-0.15, -0.1) is 0 Å². The van der Waals surface area contributed by atoms with Gasteiger partial charge in [-0.2, -0.15) is 0 Å². The number of hydrogen-bond donors (Lipinski definition) is 1. The topological polar surface area (TPSA) is 15.3 Å². The van der Waals surface area contributed by atoms with Crippen molar-refractivity contribution < 1.29 is 0 Å². The Hall–Kier alpha value is -0.0800. The molecule has 0 aliphatic carbocycles. The Kier molecular flexibility index (Phi) is 4.90. The first-order chi connectivity index (χ1) is 6.63. The maximum absolute atomic E-state index is 3.65. The molecule has 0 spiro atoms. The predicted octanol–water partition coefficient (Wildman–Crippen LogP) is 2.10. The van der Waals surface area contributed by atoms with Gasteiger partial charge in [0.05, 0.1) is 0 Å². The molecule has 2 unspecified atom stereocenters. The van der Waals surface area contributed by atoms with Crippen molar-refractivity contribution in [1.29, 1.82) is 0 Å². The third-order valence-corrected chi connectivity index (χ3v) is 3.05. The fourth-order valence-electron chi connectivity index (χ4n) is 2.32. The summed E-state index contributed by atoms with van der Waals surface area (Å²) >= 11 is 0. The van der Waals surface area contributed by atoms with Crippen LogP contribution in [0, 0.1) is 5.92 Å². The standard InChI is InChI=1S/C12H26N2/c1-5-6-14-9-12(7-10(2)3)13-8-11(14)4/h10-13H,5-9H2,1-4H3. The Balaban J connectivity index is 2.36. The molecular weight excluding hydrogens is 172 g/mol. The second-order valence-corrected chi connectivity index (χ2v) is 5.08. The first-order valence-corrected chi connectivity index (χ1v) is 6.11.